The lowest BCUT2D eigenvalue weighted by Crippen LogP contribution is -1.99. The van der Waals surface area contributed by atoms with E-state index in [0.29, 0.717) is 18.3 Å². The molecule has 0 unspecified atom stereocenters. The minimum absolute atomic E-state index is 0.551. The van der Waals surface area contributed by atoms with Crippen LogP contribution in [0.15, 0.2) is 48.8 Å². The summed E-state index contributed by atoms with van der Waals surface area (Å²) in [6.45, 7) is 15.3. The molecule has 0 aliphatic carbocycles. The summed E-state index contributed by atoms with van der Waals surface area (Å²) in [5, 5.41) is 0. The number of ether oxygens (including phenoxy) is 3. The highest BCUT2D eigenvalue weighted by atomic mass is 16.5. The van der Waals surface area contributed by atoms with Crippen LogP contribution in [0.5, 0.6) is 11.5 Å². The zero-order valence-electron chi connectivity index (χ0n) is 14.7. The Morgan fingerprint density at radius 3 is 2.57 bits per heavy atom. The highest BCUT2D eigenvalue weighted by Gasteiger charge is 2.08. The van der Waals surface area contributed by atoms with Crippen molar-refractivity contribution in [2.75, 3.05) is 20.3 Å². The molecule has 0 fully saturated rings. The van der Waals surface area contributed by atoms with Gasteiger partial charge in [-0.05, 0) is 42.2 Å². The summed E-state index contributed by atoms with van der Waals surface area (Å²) in [5.74, 6) is 2.87. The normalized spacial score (nSPS) is 12.1. The van der Waals surface area contributed by atoms with E-state index < -0.39 is 0 Å². The number of benzene rings is 1. The van der Waals surface area contributed by atoms with E-state index >= 15 is 0 Å². The van der Waals surface area contributed by atoms with Gasteiger partial charge in [0.25, 0.3) is 0 Å². The lowest BCUT2D eigenvalue weighted by atomic mass is 10.1. The minimum atomic E-state index is 0.551. The lowest BCUT2D eigenvalue weighted by Gasteiger charge is -2.15. The fraction of sp³-hybridized carbons (Fsp3) is 0.400. The Morgan fingerprint density at radius 1 is 1.26 bits per heavy atom. The van der Waals surface area contributed by atoms with Crippen molar-refractivity contribution in [3.05, 3.63) is 54.3 Å². The van der Waals surface area contributed by atoms with E-state index in [4.69, 9.17) is 14.2 Å². The van der Waals surface area contributed by atoms with Gasteiger partial charge in [-0.1, -0.05) is 33.9 Å². The molecule has 126 valence electrons. The minimum Gasteiger partial charge on any atom is -0.493 e. The molecular formula is C20H28O3. The predicted octanol–water partition coefficient (Wildman–Crippen LogP) is 5.24. The van der Waals surface area contributed by atoms with Gasteiger partial charge in [-0.25, -0.2) is 0 Å². The Bertz CT molecular complexity index is 556. The number of rotatable bonds is 6. The molecule has 23 heavy (non-hydrogen) atoms. The summed E-state index contributed by atoms with van der Waals surface area (Å²) < 4.78 is 15.9. The SMILES string of the molecule is C=C(COC)C(C)C.C=C1C=Cc2ccc(OCCC)cc2O1. The van der Waals surface area contributed by atoms with E-state index in [1.54, 1.807) is 7.11 Å². The van der Waals surface area contributed by atoms with Crippen LogP contribution in [-0.2, 0) is 4.74 Å². The average molecular weight is 316 g/mol. The molecule has 1 aliphatic rings. The van der Waals surface area contributed by atoms with Gasteiger partial charge in [0.05, 0.1) is 13.2 Å². The second-order valence-electron chi connectivity index (χ2n) is 5.70. The van der Waals surface area contributed by atoms with Gasteiger partial charge in [0.2, 0.25) is 0 Å². The van der Waals surface area contributed by atoms with E-state index in [9.17, 15) is 0 Å². The van der Waals surface area contributed by atoms with E-state index in [1.165, 1.54) is 0 Å². The first kappa shape index (κ1) is 19.0. The molecule has 3 nitrogen and oxygen atoms in total. The quantitative estimate of drug-likeness (QED) is 0.672. The lowest BCUT2D eigenvalue weighted by molar-refractivity contribution is 0.219. The van der Waals surface area contributed by atoms with E-state index in [1.807, 2.05) is 30.4 Å². The van der Waals surface area contributed by atoms with Crippen LogP contribution >= 0.6 is 0 Å². The smallest absolute Gasteiger partial charge is 0.138 e. The maximum absolute atomic E-state index is 5.52. The molecule has 1 heterocycles. The molecule has 0 saturated heterocycles. The first-order valence-electron chi connectivity index (χ1n) is 7.96. The maximum atomic E-state index is 5.52. The third kappa shape index (κ3) is 6.74. The molecule has 3 heteroatoms. The summed E-state index contributed by atoms with van der Waals surface area (Å²) in [6.07, 6.45) is 4.85. The van der Waals surface area contributed by atoms with Gasteiger partial charge in [-0.2, -0.15) is 0 Å². The van der Waals surface area contributed by atoms with Gasteiger partial charge < -0.3 is 14.2 Å². The topological polar surface area (TPSA) is 27.7 Å². The van der Waals surface area contributed by atoms with Gasteiger partial charge in [0, 0.05) is 18.7 Å². The molecule has 0 atom stereocenters. The van der Waals surface area contributed by atoms with Gasteiger partial charge in [0.1, 0.15) is 17.3 Å². The van der Waals surface area contributed by atoms with Gasteiger partial charge in [-0.15, -0.1) is 0 Å². The Labute approximate surface area is 140 Å². The third-order valence-electron chi connectivity index (χ3n) is 3.29. The van der Waals surface area contributed by atoms with Crippen molar-refractivity contribution in [3.63, 3.8) is 0 Å². The molecule has 0 saturated carbocycles. The van der Waals surface area contributed by atoms with Gasteiger partial charge in [0.15, 0.2) is 0 Å². The first-order chi connectivity index (χ1) is 11.0. The fourth-order valence-corrected chi connectivity index (χ4v) is 1.76. The van der Waals surface area contributed by atoms with Crippen LogP contribution in [0.3, 0.4) is 0 Å². The molecule has 0 amide bonds. The van der Waals surface area contributed by atoms with Crippen LogP contribution in [0.25, 0.3) is 6.08 Å². The average Bonchev–Trinajstić information content (AvgIpc) is 2.53. The molecule has 0 N–H and O–H groups in total. The number of hydrogen-bond donors (Lipinski definition) is 0. The Balaban J connectivity index is 0.000000284. The Morgan fingerprint density at radius 2 is 2.00 bits per heavy atom. The van der Waals surface area contributed by atoms with Crippen molar-refractivity contribution in [1.29, 1.82) is 0 Å². The van der Waals surface area contributed by atoms with Crippen molar-refractivity contribution in [2.24, 2.45) is 5.92 Å². The number of fused-ring (bicyclic) bond motifs is 1. The van der Waals surface area contributed by atoms with Crippen molar-refractivity contribution in [1.82, 2.24) is 0 Å². The second kappa shape index (κ2) is 9.90. The van der Waals surface area contributed by atoms with Gasteiger partial charge in [-0.3, -0.25) is 0 Å². The summed E-state index contributed by atoms with van der Waals surface area (Å²) in [7, 11) is 1.69. The Hall–Kier alpha value is -2.00. The van der Waals surface area contributed by atoms with Crippen LogP contribution in [-0.4, -0.2) is 20.3 Å². The molecule has 1 aromatic carbocycles. The molecule has 0 aromatic heterocycles. The maximum Gasteiger partial charge on any atom is 0.138 e. The van der Waals surface area contributed by atoms with Crippen molar-refractivity contribution in [2.45, 2.75) is 27.2 Å². The number of hydrogen-bond acceptors (Lipinski definition) is 3. The zero-order chi connectivity index (χ0) is 17.2. The van der Waals surface area contributed by atoms with Crippen LogP contribution in [0.4, 0.5) is 0 Å². The summed E-state index contributed by atoms with van der Waals surface area (Å²) in [4.78, 5) is 0. The molecule has 2 rings (SSSR count). The molecule has 0 spiro atoms. The van der Waals surface area contributed by atoms with Crippen LogP contribution < -0.4 is 9.47 Å². The van der Waals surface area contributed by atoms with E-state index in [0.717, 1.165) is 35.7 Å². The Kier molecular flexibility index (Phi) is 8.20. The standard InChI is InChI=1S/C13H14O2.C7H14O/c1-3-8-14-12-7-6-11-5-4-10(2)15-13(11)9-12;1-6(2)7(3)5-8-4/h4-7,9H,2-3,8H2,1H3;6H,3,5H2,1-2,4H3. The molecule has 0 radical (unpaired) electrons. The van der Waals surface area contributed by atoms with Crippen molar-refractivity contribution >= 4 is 6.08 Å². The molecule has 1 aromatic rings. The second-order valence-corrected chi connectivity index (χ2v) is 5.70. The number of allylic oxidation sites excluding steroid dienone is 1. The van der Waals surface area contributed by atoms with Crippen LogP contribution in [0.1, 0.15) is 32.8 Å². The molecule has 1 aliphatic heterocycles. The van der Waals surface area contributed by atoms with E-state index in [-0.39, 0.29) is 0 Å². The highest BCUT2D eigenvalue weighted by molar-refractivity contribution is 5.63. The molecule has 0 bridgehead atoms. The van der Waals surface area contributed by atoms with Crippen LogP contribution in [0.2, 0.25) is 0 Å². The van der Waals surface area contributed by atoms with E-state index in [2.05, 4.69) is 33.9 Å². The fourth-order valence-electron chi connectivity index (χ4n) is 1.76. The largest absolute Gasteiger partial charge is 0.493 e. The highest BCUT2D eigenvalue weighted by Crippen LogP contribution is 2.30. The summed E-state index contributed by atoms with van der Waals surface area (Å²) in [6, 6.07) is 5.85. The monoisotopic (exact) mass is 316 g/mol. The number of methoxy groups -OCH3 is 1. The van der Waals surface area contributed by atoms with Crippen molar-refractivity contribution in [3.8, 4) is 11.5 Å². The zero-order valence-corrected chi connectivity index (χ0v) is 14.7. The summed E-state index contributed by atoms with van der Waals surface area (Å²) in [5.41, 5.74) is 2.22. The van der Waals surface area contributed by atoms with Crippen molar-refractivity contribution < 1.29 is 14.2 Å². The predicted molar refractivity (Wildman–Crippen MR) is 96.9 cm³/mol. The molecular weight excluding hydrogens is 288 g/mol. The van der Waals surface area contributed by atoms with Gasteiger partial charge >= 0.3 is 0 Å². The van der Waals surface area contributed by atoms with Crippen LogP contribution in [0, 0.1) is 5.92 Å². The first-order valence-corrected chi connectivity index (χ1v) is 7.96. The third-order valence-corrected chi connectivity index (χ3v) is 3.29. The summed E-state index contributed by atoms with van der Waals surface area (Å²) >= 11 is 0.